The smallest absolute Gasteiger partial charge is 0.276 e. The Labute approximate surface area is 339 Å². The van der Waals surface area contributed by atoms with Gasteiger partial charge in [0.25, 0.3) is 11.8 Å². The van der Waals surface area contributed by atoms with Crippen LogP contribution in [0.5, 0.6) is 11.5 Å². The number of aldehydes is 1. The van der Waals surface area contributed by atoms with Gasteiger partial charge in [-0.2, -0.15) is 10.2 Å². The lowest BCUT2D eigenvalue weighted by Gasteiger charge is -2.13. The molecule has 0 saturated carbocycles. The number of nitrogens with zero attached hydrogens (tertiary/aromatic N) is 8. The summed E-state index contributed by atoms with van der Waals surface area (Å²) in [4.78, 5) is 60.8. The van der Waals surface area contributed by atoms with Crippen LogP contribution in [-0.4, -0.2) is 90.0 Å². The van der Waals surface area contributed by atoms with E-state index in [-0.39, 0.29) is 37.2 Å². The first kappa shape index (κ1) is 43.0. The maximum Gasteiger partial charge on any atom is 0.276 e. The van der Waals surface area contributed by atoms with E-state index >= 15 is 0 Å². The summed E-state index contributed by atoms with van der Waals surface area (Å²) in [5, 5.41) is 14.6. The molecule has 0 fully saturated rings. The zero-order valence-electron chi connectivity index (χ0n) is 33.9. The standard InChI is InChI=1S/C39H44N12O6.CH5N/c1-6-50-29(16-23(3)46-50)36(54)44-38-42-27-18-25(22-52)19-32(57-15-11-8-12-40)34(27)49(38)14-10-9-13-48-33-28(20-26(35(41)53)21-31(33)56-5)43-39(48)45-37(55)30-17-24(4)47-51(30)7-2;1-2/h8-11,16-22H,6-7,12-15,40H2,1-5H3,(H2,41,53)(H,42,44,54)(H,43,45,55);2H2,1H3/b10-9+,11-8+;. The van der Waals surface area contributed by atoms with Crippen LogP contribution in [0.15, 0.2) is 60.7 Å². The molecule has 4 heterocycles. The predicted octanol–water partition coefficient (Wildman–Crippen LogP) is 3.59. The van der Waals surface area contributed by atoms with E-state index in [4.69, 9.17) is 25.9 Å². The van der Waals surface area contributed by atoms with E-state index in [0.29, 0.717) is 87.8 Å². The Morgan fingerprint density at radius 2 is 1.27 bits per heavy atom. The van der Waals surface area contributed by atoms with Crippen LogP contribution in [0.4, 0.5) is 11.9 Å². The predicted molar refractivity (Wildman–Crippen MR) is 224 cm³/mol. The largest absolute Gasteiger partial charge is 0.494 e. The summed E-state index contributed by atoms with van der Waals surface area (Å²) in [6, 6.07) is 9.66. The van der Waals surface area contributed by atoms with E-state index < -0.39 is 17.7 Å². The molecule has 0 radical (unpaired) electrons. The maximum absolute atomic E-state index is 13.7. The molecule has 0 aliphatic heterocycles. The first-order chi connectivity index (χ1) is 28.5. The lowest BCUT2D eigenvalue weighted by Crippen LogP contribution is -2.20. The summed E-state index contributed by atoms with van der Waals surface area (Å²) in [5.74, 6) is -0.435. The van der Waals surface area contributed by atoms with Gasteiger partial charge in [-0.25, -0.2) is 9.97 Å². The fourth-order valence-electron chi connectivity index (χ4n) is 6.43. The molecule has 4 aromatic heterocycles. The number of methoxy groups -OCH3 is 1. The van der Waals surface area contributed by atoms with Crippen LogP contribution >= 0.6 is 0 Å². The third-order valence-electron chi connectivity index (χ3n) is 8.98. The molecule has 0 unspecified atom stereocenters. The first-order valence-corrected chi connectivity index (χ1v) is 18.8. The molecule has 59 heavy (non-hydrogen) atoms. The highest BCUT2D eigenvalue weighted by Gasteiger charge is 2.23. The highest BCUT2D eigenvalue weighted by molar-refractivity contribution is 6.05. The minimum Gasteiger partial charge on any atom is -0.494 e. The molecule has 2 aromatic carbocycles. The van der Waals surface area contributed by atoms with Crippen LogP contribution in [0.2, 0.25) is 0 Å². The number of aryl methyl sites for hydroxylation is 4. The molecule has 310 valence electrons. The average molecular weight is 808 g/mol. The Hall–Kier alpha value is -7.12. The van der Waals surface area contributed by atoms with Crippen molar-refractivity contribution in [1.29, 1.82) is 0 Å². The molecular formula is C40H49N13O6. The number of carbonyl (C=O) groups excluding carboxylic acids is 4. The summed E-state index contributed by atoms with van der Waals surface area (Å²) in [7, 11) is 2.96. The van der Waals surface area contributed by atoms with Crippen molar-refractivity contribution in [3.63, 3.8) is 0 Å². The first-order valence-electron chi connectivity index (χ1n) is 18.8. The van der Waals surface area contributed by atoms with Gasteiger partial charge in [0.1, 0.15) is 46.8 Å². The lowest BCUT2D eigenvalue weighted by molar-refractivity contribution is 0.0994. The second kappa shape index (κ2) is 19.4. The second-order valence-electron chi connectivity index (χ2n) is 12.9. The zero-order chi connectivity index (χ0) is 42.8. The number of nitrogens with two attached hydrogens (primary N) is 3. The number of nitrogens with one attached hydrogen (secondary N) is 2. The van der Waals surface area contributed by atoms with Gasteiger partial charge < -0.3 is 35.8 Å². The van der Waals surface area contributed by atoms with Gasteiger partial charge in [-0.3, -0.25) is 39.2 Å². The number of aromatic nitrogens is 8. The van der Waals surface area contributed by atoms with E-state index in [9.17, 15) is 19.2 Å². The number of ether oxygens (including phenoxy) is 2. The molecule has 19 heteroatoms. The fraction of sp³-hybridized carbons (Fsp3) is 0.300. The summed E-state index contributed by atoms with van der Waals surface area (Å²) in [5.41, 5.74) is 20.2. The Bertz CT molecular complexity index is 2560. The molecule has 0 saturated heterocycles. The van der Waals surface area contributed by atoms with Gasteiger partial charge in [0.05, 0.1) is 29.5 Å². The van der Waals surface area contributed by atoms with E-state index in [1.165, 1.54) is 26.3 Å². The van der Waals surface area contributed by atoms with Gasteiger partial charge in [0.15, 0.2) is 0 Å². The SMILES string of the molecule is CCn1nc(C)cc1C(=O)Nc1nc2cc(C(N)=O)cc(OC)c2n1C/C=C/Cn1c(NC(=O)c2cc(C)nn2CC)nc2cc(C=O)cc(OC/C=C/CN)c21.CN. The normalized spacial score (nSPS) is 11.3. The minimum absolute atomic E-state index is 0.173. The highest BCUT2D eigenvalue weighted by atomic mass is 16.5. The molecule has 19 nitrogen and oxygen atoms in total. The molecule has 0 aliphatic carbocycles. The number of hydrogen-bond acceptors (Lipinski definition) is 12. The molecule has 3 amide bonds. The fourth-order valence-corrected chi connectivity index (χ4v) is 6.43. The maximum atomic E-state index is 13.7. The van der Waals surface area contributed by atoms with Gasteiger partial charge >= 0.3 is 0 Å². The Kier molecular flexibility index (Phi) is 14.1. The quantitative estimate of drug-likeness (QED) is 0.0655. The van der Waals surface area contributed by atoms with Crippen molar-refractivity contribution in [3.8, 4) is 11.5 Å². The van der Waals surface area contributed by atoms with Crippen molar-refractivity contribution >= 4 is 58.0 Å². The molecule has 0 atom stereocenters. The van der Waals surface area contributed by atoms with E-state index in [0.717, 1.165) is 0 Å². The van der Waals surface area contributed by atoms with Crippen LogP contribution < -0.4 is 37.3 Å². The van der Waals surface area contributed by atoms with Crippen LogP contribution in [0, 0.1) is 13.8 Å². The number of allylic oxidation sites excluding steroid dienone is 2. The second-order valence-corrected chi connectivity index (χ2v) is 12.9. The molecule has 8 N–H and O–H groups in total. The molecule has 6 rings (SSSR count). The van der Waals surface area contributed by atoms with Crippen molar-refractivity contribution in [2.24, 2.45) is 17.2 Å². The third kappa shape index (κ3) is 9.37. The molecule has 0 spiro atoms. The molecule has 0 aliphatic rings. The van der Waals surface area contributed by atoms with Crippen LogP contribution in [-0.2, 0) is 26.2 Å². The lowest BCUT2D eigenvalue weighted by atomic mass is 10.1. The molecule has 0 bridgehead atoms. The number of anilines is 2. The van der Waals surface area contributed by atoms with Crippen molar-refractivity contribution in [2.45, 2.75) is 53.9 Å². The number of benzene rings is 2. The van der Waals surface area contributed by atoms with Gasteiger partial charge in [0, 0.05) is 43.9 Å². The van der Waals surface area contributed by atoms with Gasteiger partial charge in [0.2, 0.25) is 17.8 Å². The van der Waals surface area contributed by atoms with Crippen molar-refractivity contribution in [3.05, 3.63) is 94.6 Å². The summed E-state index contributed by atoms with van der Waals surface area (Å²) in [6.07, 6.45) is 7.91. The van der Waals surface area contributed by atoms with Gasteiger partial charge in [-0.15, -0.1) is 0 Å². The Balaban J connectivity index is 0.00000326. The Morgan fingerprint density at radius 1 is 0.746 bits per heavy atom. The van der Waals surface area contributed by atoms with Crippen LogP contribution in [0.1, 0.15) is 66.9 Å². The summed E-state index contributed by atoms with van der Waals surface area (Å²) >= 11 is 0. The number of rotatable bonds is 17. The number of hydrogen-bond donors (Lipinski definition) is 5. The monoisotopic (exact) mass is 807 g/mol. The number of amides is 3. The van der Waals surface area contributed by atoms with Crippen LogP contribution in [0.3, 0.4) is 0 Å². The minimum atomic E-state index is -0.665. The van der Waals surface area contributed by atoms with Crippen LogP contribution in [0.25, 0.3) is 22.1 Å². The van der Waals surface area contributed by atoms with Gasteiger partial charge in [-0.05, 0) is 71.1 Å². The highest BCUT2D eigenvalue weighted by Crippen LogP contribution is 2.33. The number of imidazole rings is 2. The van der Waals surface area contributed by atoms with E-state index in [1.54, 1.807) is 68.8 Å². The molecular weight excluding hydrogens is 759 g/mol. The number of primary amides is 1. The molecule has 6 aromatic rings. The number of fused-ring (bicyclic) bond motifs is 2. The van der Waals surface area contributed by atoms with Crippen molar-refractivity contribution < 1.29 is 28.7 Å². The topological polar surface area (TPSA) is 260 Å². The third-order valence-corrected chi connectivity index (χ3v) is 8.98. The van der Waals surface area contributed by atoms with E-state index in [1.807, 2.05) is 26.0 Å². The van der Waals surface area contributed by atoms with Crippen molar-refractivity contribution in [2.75, 3.05) is 37.9 Å². The van der Waals surface area contributed by atoms with E-state index in [2.05, 4.69) is 31.5 Å². The Morgan fingerprint density at radius 3 is 1.75 bits per heavy atom. The average Bonchev–Trinajstić information content (AvgIpc) is 4.00. The van der Waals surface area contributed by atoms with Crippen molar-refractivity contribution in [1.82, 2.24) is 38.7 Å². The number of carbonyl (C=O) groups is 4. The summed E-state index contributed by atoms with van der Waals surface area (Å²) in [6.45, 7) is 9.20. The van der Waals surface area contributed by atoms with Gasteiger partial charge in [-0.1, -0.05) is 24.3 Å². The zero-order valence-corrected chi connectivity index (χ0v) is 33.9. The summed E-state index contributed by atoms with van der Waals surface area (Å²) < 4.78 is 18.5.